The van der Waals surface area contributed by atoms with Crippen molar-refractivity contribution in [1.82, 2.24) is 20.3 Å². The van der Waals surface area contributed by atoms with Crippen LogP contribution in [0.3, 0.4) is 0 Å². The normalized spacial score (nSPS) is 10.6. The molecule has 0 saturated heterocycles. The predicted octanol–water partition coefficient (Wildman–Crippen LogP) is 0.686. The number of ketones is 1. The molecule has 0 bridgehead atoms. The van der Waals surface area contributed by atoms with Crippen LogP contribution in [0.25, 0.3) is 5.69 Å². The van der Waals surface area contributed by atoms with Gasteiger partial charge in [-0.3, -0.25) is 4.79 Å². The van der Waals surface area contributed by atoms with Crippen molar-refractivity contribution in [3.05, 3.63) is 42.2 Å². The summed E-state index contributed by atoms with van der Waals surface area (Å²) in [7, 11) is 1.62. The number of carbonyl (C=O) groups is 1. The minimum absolute atomic E-state index is 0.0510. The quantitative estimate of drug-likeness (QED) is 0.586. The highest BCUT2D eigenvalue weighted by molar-refractivity contribution is 5.96. The van der Waals surface area contributed by atoms with Crippen molar-refractivity contribution in [2.24, 2.45) is 0 Å². The van der Waals surface area contributed by atoms with Crippen LogP contribution in [-0.2, 0) is 4.74 Å². The number of rotatable bonds is 7. The van der Waals surface area contributed by atoms with Crippen LogP contribution in [0, 0.1) is 0 Å². The molecule has 1 N–H and O–H groups in total. The number of nitrogens with zero attached hydrogens (tertiary/aromatic N) is 3. The van der Waals surface area contributed by atoms with Gasteiger partial charge in [-0.15, -0.1) is 5.10 Å². The topological polar surface area (TPSA) is 69.0 Å². The summed E-state index contributed by atoms with van der Waals surface area (Å²) < 4.78 is 6.45. The average Bonchev–Trinajstić information content (AvgIpc) is 2.94. The largest absolute Gasteiger partial charge is 0.383 e. The van der Waals surface area contributed by atoms with Crippen LogP contribution in [0.15, 0.2) is 36.5 Å². The molecular weight excluding hydrogens is 244 g/mol. The first-order valence-corrected chi connectivity index (χ1v) is 6.02. The maximum Gasteiger partial charge on any atom is 0.196 e. The Bertz CT molecular complexity index is 524. The molecule has 100 valence electrons. The molecular formula is C13H16N4O2. The van der Waals surface area contributed by atoms with E-state index in [4.69, 9.17) is 4.74 Å². The lowest BCUT2D eigenvalue weighted by molar-refractivity contribution is 0.0980. The third-order valence-corrected chi connectivity index (χ3v) is 2.60. The van der Waals surface area contributed by atoms with E-state index in [9.17, 15) is 4.79 Å². The smallest absolute Gasteiger partial charge is 0.196 e. The Labute approximate surface area is 111 Å². The van der Waals surface area contributed by atoms with Gasteiger partial charge in [0.15, 0.2) is 5.78 Å². The van der Waals surface area contributed by atoms with E-state index in [0.29, 0.717) is 18.8 Å². The number of aromatic nitrogens is 3. The fourth-order valence-electron chi connectivity index (χ4n) is 1.65. The van der Waals surface area contributed by atoms with Gasteiger partial charge in [0.25, 0.3) is 0 Å². The third-order valence-electron chi connectivity index (χ3n) is 2.60. The van der Waals surface area contributed by atoms with Gasteiger partial charge in [-0.2, -0.15) is 0 Å². The molecule has 0 spiro atoms. The molecule has 0 aliphatic rings. The van der Waals surface area contributed by atoms with Crippen molar-refractivity contribution in [2.75, 3.05) is 26.8 Å². The number of hydrogen-bond donors (Lipinski definition) is 1. The Balaban J connectivity index is 2.05. The van der Waals surface area contributed by atoms with Gasteiger partial charge in [-0.05, 0) is 12.1 Å². The van der Waals surface area contributed by atoms with E-state index in [2.05, 4.69) is 15.6 Å². The summed E-state index contributed by atoms with van der Waals surface area (Å²) in [6.07, 6.45) is 1.48. The van der Waals surface area contributed by atoms with E-state index < -0.39 is 0 Å². The molecule has 6 nitrogen and oxygen atoms in total. The van der Waals surface area contributed by atoms with E-state index in [1.165, 1.54) is 6.20 Å². The van der Waals surface area contributed by atoms with Crippen LogP contribution in [0.2, 0.25) is 0 Å². The number of Topliss-reactive ketones (excluding diaryl/α,β-unsaturated/α-hetero) is 1. The van der Waals surface area contributed by atoms with Crippen LogP contribution in [0.5, 0.6) is 0 Å². The Morgan fingerprint density at radius 3 is 2.89 bits per heavy atom. The molecule has 1 aromatic heterocycles. The van der Waals surface area contributed by atoms with E-state index in [1.54, 1.807) is 11.8 Å². The molecule has 6 heteroatoms. The zero-order valence-electron chi connectivity index (χ0n) is 10.7. The fraction of sp³-hybridized carbons (Fsp3) is 0.308. The molecule has 1 aromatic carbocycles. The first kappa shape index (κ1) is 13.4. The summed E-state index contributed by atoms with van der Waals surface area (Å²) >= 11 is 0. The molecule has 0 aliphatic heterocycles. The van der Waals surface area contributed by atoms with Crippen LogP contribution in [0.4, 0.5) is 0 Å². The zero-order valence-corrected chi connectivity index (χ0v) is 10.7. The highest BCUT2D eigenvalue weighted by Gasteiger charge is 2.13. The molecule has 0 radical (unpaired) electrons. The lowest BCUT2D eigenvalue weighted by Crippen LogP contribution is -2.27. The van der Waals surface area contributed by atoms with Crippen molar-refractivity contribution >= 4 is 5.78 Å². The second kappa shape index (κ2) is 6.77. The molecule has 0 unspecified atom stereocenters. The van der Waals surface area contributed by atoms with Crippen molar-refractivity contribution in [1.29, 1.82) is 0 Å². The van der Waals surface area contributed by atoms with E-state index in [0.717, 1.165) is 5.69 Å². The van der Waals surface area contributed by atoms with Gasteiger partial charge < -0.3 is 10.1 Å². The SMILES string of the molecule is COCCNCC(=O)c1cnnn1-c1ccccc1. The number of methoxy groups -OCH3 is 1. The van der Waals surface area contributed by atoms with Crippen LogP contribution < -0.4 is 5.32 Å². The van der Waals surface area contributed by atoms with E-state index in [-0.39, 0.29) is 12.3 Å². The Morgan fingerprint density at radius 1 is 1.37 bits per heavy atom. The van der Waals surface area contributed by atoms with Crippen LogP contribution in [0.1, 0.15) is 10.5 Å². The molecule has 1 heterocycles. The average molecular weight is 260 g/mol. The second-order valence-corrected chi connectivity index (χ2v) is 3.96. The lowest BCUT2D eigenvalue weighted by Gasteiger charge is -2.06. The van der Waals surface area contributed by atoms with Gasteiger partial charge in [0.05, 0.1) is 25.0 Å². The number of carbonyl (C=O) groups excluding carboxylic acids is 1. The first-order chi connectivity index (χ1) is 9.33. The van der Waals surface area contributed by atoms with E-state index in [1.807, 2.05) is 30.3 Å². The van der Waals surface area contributed by atoms with Crippen LogP contribution in [-0.4, -0.2) is 47.6 Å². The van der Waals surface area contributed by atoms with Crippen molar-refractivity contribution in [3.8, 4) is 5.69 Å². The maximum atomic E-state index is 12.1. The zero-order chi connectivity index (χ0) is 13.5. The number of ether oxygens (including phenoxy) is 1. The summed E-state index contributed by atoms with van der Waals surface area (Å²) in [5.41, 5.74) is 1.29. The van der Waals surface area contributed by atoms with Gasteiger partial charge in [0, 0.05) is 13.7 Å². The number of para-hydroxylation sites is 1. The van der Waals surface area contributed by atoms with Crippen LogP contribution >= 0.6 is 0 Å². The fourth-order valence-corrected chi connectivity index (χ4v) is 1.65. The molecule has 19 heavy (non-hydrogen) atoms. The van der Waals surface area contributed by atoms with E-state index >= 15 is 0 Å². The Kier molecular flexibility index (Phi) is 4.77. The summed E-state index contributed by atoms with van der Waals surface area (Å²) in [5.74, 6) is -0.0510. The highest BCUT2D eigenvalue weighted by atomic mass is 16.5. The standard InChI is InChI=1S/C13H16N4O2/c1-19-8-7-14-10-13(18)12-9-15-16-17(12)11-5-3-2-4-6-11/h2-6,9,14H,7-8,10H2,1H3. The maximum absolute atomic E-state index is 12.1. The summed E-state index contributed by atoms with van der Waals surface area (Å²) in [6, 6.07) is 9.45. The highest BCUT2D eigenvalue weighted by Crippen LogP contribution is 2.08. The predicted molar refractivity (Wildman–Crippen MR) is 70.4 cm³/mol. The molecule has 0 amide bonds. The number of hydrogen-bond acceptors (Lipinski definition) is 5. The Hall–Kier alpha value is -2.05. The van der Waals surface area contributed by atoms with Crippen molar-refractivity contribution in [2.45, 2.75) is 0 Å². The number of benzene rings is 1. The van der Waals surface area contributed by atoms with Crippen molar-refractivity contribution < 1.29 is 9.53 Å². The molecule has 2 rings (SSSR count). The summed E-state index contributed by atoms with van der Waals surface area (Å²) in [4.78, 5) is 12.1. The first-order valence-electron chi connectivity index (χ1n) is 6.02. The summed E-state index contributed by atoms with van der Waals surface area (Å²) in [5, 5.41) is 10.8. The van der Waals surface area contributed by atoms with Gasteiger partial charge in [-0.1, -0.05) is 23.4 Å². The minimum Gasteiger partial charge on any atom is -0.383 e. The molecule has 0 aliphatic carbocycles. The lowest BCUT2D eigenvalue weighted by atomic mass is 10.2. The van der Waals surface area contributed by atoms with Gasteiger partial charge in [0.2, 0.25) is 0 Å². The molecule has 2 aromatic rings. The van der Waals surface area contributed by atoms with Gasteiger partial charge >= 0.3 is 0 Å². The molecule has 0 saturated carbocycles. The van der Waals surface area contributed by atoms with Crippen molar-refractivity contribution in [3.63, 3.8) is 0 Å². The van der Waals surface area contributed by atoms with Gasteiger partial charge in [0.1, 0.15) is 5.69 Å². The van der Waals surface area contributed by atoms with Gasteiger partial charge in [-0.25, -0.2) is 4.68 Å². The third kappa shape index (κ3) is 3.46. The molecule has 0 atom stereocenters. The monoisotopic (exact) mass is 260 g/mol. The summed E-state index contributed by atoms with van der Waals surface area (Å²) in [6.45, 7) is 1.45. The molecule has 0 fully saturated rings. The second-order valence-electron chi connectivity index (χ2n) is 3.96. The minimum atomic E-state index is -0.0510. The Morgan fingerprint density at radius 2 is 2.16 bits per heavy atom. The number of nitrogens with one attached hydrogen (secondary N) is 1.